The molecule has 12 nitrogen and oxygen atoms in total. The number of fused-ring (bicyclic) bond motifs is 1. The highest BCUT2D eigenvalue weighted by Crippen LogP contribution is 2.20. The largest absolute Gasteiger partial charge is 0.508 e. The Balaban J connectivity index is 1.24. The topological polar surface area (TPSA) is 191 Å². The van der Waals surface area contributed by atoms with Crippen molar-refractivity contribution in [1.29, 1.82) is 0 Å². The molecule has 4 aromatic carbocycles. The van der Waals surface area contributed by atoms with Gasteiger partial charge in [-0.3, -0.25) is 24.0 Å². The number of phenolic OH excluding ortho intramolecular Hbond substituents is 1. The van der Waals surface area contributed by atoms with Gasteiger partial charge < -0.3 is 36.8 Å². The normalized spacial score (nSPS) is 13.3. The Morgan fingerprint density at radius 1 is 0.833 bits per heavy atom. The second-order valence-corrected chi connectivity index (χ2v) is 13.2. The molecule has 13 heteroatoms. The Morgan fingerprint density at radius 2 is 1.52 bits per heavy atom. The highest BCUT2D eigenvalue weighted by atomic mass is 19.1. The summed E-state index contributed by atoms with van der Waals surface area (Å²) in [6, 6.07) is 21.3. The molecule has 4 atom stereocenters. The van der Waals surface area contributed by atoms with Gasteiger partial charge in [0.15, 0.2) is 0 Å². The number of nitrogens with zero attached hydrogens (tertiary/aromatic N) is 1. The minimum absolute atomic E-state index is 0.0453. The predicted molar refractivity (Wildman–Crippen MR) is 202 cm³/mol. The van der Waals surface area contributed by atoms with E-state index in [4.69, 9.17) is 5.73 Å². The second kappa shape index (κ2) is 20.5. The van der Waals surface area contributed by atoms with Crippen molar-refractivity contribution in [3.63, 3.8) is 0 Å². The van der Waals surface area contributed by atoms with Crippen molar-refractivity contribution in [3.8, 4) is 5.75 Å². The van der Waals surface area contributed by atoms with Crippen LogP contribution >= 0.6 is 0 Å². The Bertz CT molecular complexity index is 1870. The van der Waals surface area contributed by atoms with Crippen LogP contribution < -0.4 is 21.7 Å². The molecular formula is C41H47FN5O7. The first-order chi connectivity index (χ1) is 26.0. The van der Waals surface area contributed by atoms with Gasteiger partial charge >= 0.3 is 0 Å². The monoisotopic (exact) mass is 740 g/mol. The number of aromatic hydroxyl groups is 1. The van der Waals surface area contributed by atoms with E-state index in [0.717, 1.165) is 21.9 Å². The third-order valence-electron chi connectivity index (χ3n) is 9.22. The molecule has 0 saturated carbocycles. The third-order valence-corrected chi connectivity index (χ3v) is 9.22. The van der Waals surface area contributed by atoms with Crippen LogP contribution in [0.15, 0.2) is 91.0 Å². The highest BCUT2D eigenvalue weighted by molar-refractivity contribution is 5.91. The molecule has 0 spiro atoms. The van der Waals surface area contributed by atoms with Gasteiger partial charge in [0.1, 0.15) is 23.7 Å². The number of halogens is 1. The maximum atomic E-state index is 13.5. The van der Waals surface area contributed by atoms with Crippen LogP contribution in [0.5, 0.6) is 5.75 Å². The number of hydrogen-bond donors (Lipinski definition) is 6. The SMILES string of the molecule is CN(C(=O)CCc1ccc(F)cc1)[C@@H](Cc1ccc(O)cc1)C(=O)N[C@@H]([C]=O)CCCCNC(=O)[C@H](CO)NC(=O)[C@@H](N)Cc1cccc2ccccc12. The number of benzene rings is 4. The lowest BCUT2D eigenvalue weighted by atomic mass is 9.98. The number of likely N-dealkylation sites (N-methyl/N-ethyl adjacent to an activating group) is 1. The zero-order valence-electron chi connectivity index (χ0n) is 30.2. The summed E-state index contributed by atoms with van der Waals surface area (Å²) in [6.07, 6.45) is 3.59. The summed E-state index contributed by atoms with van der Waals surface area (Å²) in [6.45, 7) is -0.469. The average molecular weight is 741 g/mol. The summed E-state index contributed by atoms with van der Waals surface area (Å²) in [5.41, 5.74) is 8.49. The summed E-state index contributed by atoms with van der Waals surface area (Å²) in [5, 5.41) is 29.3. The first kappa shape index (κ1) is 41.1. The fourth-order valence-electron chi connectivity index (χ4n) is 6.02. The number of phenols is 1. The molecule has 54 heavy (non-hydrogen) atoms. The first-order valence-corrected chi connectivity index (χ1v) is 17.9. The fraction of sp³-hybridized carbons (Fsp3) is 0.341. The van der Waals surface area contributed by atoms with E-state index in [1.165, 1.54) is 36.2 Å². The van der Waals surface area contributed by atoms with Gasteiger partial charge in [-0.1, -0.05) is 66.7 Å². The molecule has 4 rings (SSSR count). The van der Waals surface area contributed by atoms with Crippen LogP contribution in [0.1, 0.15) is 42.4 Å². The molecule has 0 saturated heterocycles. The number of aryl methyl sites for hydroxylation is 1. The summed E-state index contributed by atoms with van der Waals surface area (Å²) < 4.78 is 13.3. The van der Waals surface area contributed by atoms with E-state index < -0.39 is 48.5 Å². The molecule has 0 aromatic heterocycles. The van der Waals surface area contributed by atoms with Crippen LogP contribution in [0.25, 0.3) is 10.8 Å². The van der Waals surface area contributed by atoms with Crippen LogP contribution in [0.2, 0.25) is 0 Å². The molecule has 0 fully saturated rings. The minimum atomic E-state index is -1.22. The fourth-order valence-corrected chi connectivity index (χ4v) is 6.02. The van der Waals surface area contributed by atoms with Crippen molar-refractivity contribution in [2.45, 2.75) is 69.1 Å². The zero-order chi connectivity index (χ0) is 39.0. The molecule has 4 amide bonds. The van der Waals surface area contributed by atoms with Crippen LogP contribution in [-0.4, -0.2) is 89.4 Å². The van der Waals surface area contributed by atoms with Crippen LogP contribution in [0, 0.1) is 5.82 Å². The van der Waals surface area contributed by atoms with Gasteiger partial charge in [-0.25, -0.2) is 4.39 Å². The van der Waals surface area contributed by atoms with Crippen molar-refractivity contribution in [3.05, 3.63) is 114 Å². The Morgan fingerprint density at radius 3 is 2.22 bits per heavy atom. The van der Waals surface area contributed by atoms with Gasteiger partial charge in [0.05, 0.1) is 18.7 Å². The number of rotatable bonds is 20. The van der Waals surface area contributed by atoms with Gasteiger partial charge in [0.25, 0.3) is 0 Å². The number of hydrogen-bond acceptors (Lipinski definition) is 8. The van der Waals surface area contributed by atoms with Crippen LogP contribution in [-0.2, 0) is 43.2 Å². The van der Waals surface area contributed by atoms with Gasteiger partial charge in [-0.05, 0) is 83.8 Å². The van der Waals surface area contributed by atoms with E-state index in [2.05, 4.69) is 16.0 Å². The highest BCUT2D eigenvalue weighted by Gasteiger charge is 2.29. The number of unbranched alkanes of at least 4 members (excludes halogenated alkanes) is 1. The minimum Gasteiger partial charge on any atom is -0.508 e. The number of aliphatic hydroxyl groups is 1. The number of nitrogens with one attached hydrogen (secondary N) is 3. The van der Waals surface area contributed by atoms with Gasteiger partial charge in [-0.15, -0.1) is 0 Å². The molecule has 7 N–H and O–H groups in total. The lowest BCUT2D eigenvalue weighted by molar-refractivity contribution is -0.139. The average Bonchev–Trinajstić information content (AvgIpc) is 3.18. The number of nitrogens with two attached hydrogens (primary N) is 1. The van der Waals surface area contributed by atoms with Crippen molar-refractivity contribution >= 4 is 40.7 Å². The number of aliphatic hydroxyl groups excluding tert-OH is 1. The Kier molecular flexibility index (Phi) is 15.6. The van der Waals surface area contributed by atoms with E-state index in [1.54, 1.807) is 24.3 Å². The molecule has 0 aliphatic carbocycles. The van der Waals surface area contributed by atoms with E-state index in [0.29, 0.717) is 24.8 Å². The molecule has 285 valence electrons. The number of carbonyl (C=O) groups excluding carboxylic acids is 5. The third kappa shape index (κ3) is 12.2. The van der Waals surface area contributed by atoms with Crippen molar-refractivity contribution < 1.29 is 38.6 Å². The predicted octanol–water partition coefficient (Wildman–Crippen LogP) is 2.61. The smallest absolute Gasteiger partial charge is 0.244 e. The van der Waals surface area contributed by atoms with E-state index in [-0.39, 0.29) is 49.7 Å². The van der Waals surface area contributed by atoms with E-state index >= 15 is 0 Å². The van der Waals surface area contributed by atoms with E-state index in [9.17, 15) is 38.6 Å². The maximum absolute atomic E-state index is 13.5. The van der Waals surface area contributed by atoms with Crippen LogP contribution in [0.4, 0.5) is 4.39 Å². The number of amides is 4. The van der Waals surface area contributed by atoms with Gasteiger partial charge in [0.2, 0.25) is 29.9 Å². The zero-order valence-corrected chi connectivity index (χ0v) is 30.2. The van der Waals surface area contributed by atoms with Crippen molar-refractivity contribution in [1.82, 2.24) is 20.9 Å². The Hall–Kier alpha value is -5.66. The quantitative estimate of drug-likeness (QED) is 0.0746. The lowest BCUT2D eigenvalue weighted by Crippen LogP contribution is -2.53. The first-order valence-electron chi connectivity index (χ1n) is 17.9. The molecule has 0 heterocycles. The lowest BCUT2D eigenvalue weighted by Gasteiger charge is -2.28. The molecule has 0 unspecified atom stereocenters. The van der Waals surface area contributed by atoms with Gasteiger partial charge in [-0.2, -0.15) is 0 Å². The van der Waals surface area contributed by atoms with Crippen LogP contribution in [0.3, 0.4) is 0 Å². The van der Waals surface area contributed by atoms with E-state index in [1.807, 2.05) is 48.8 Å². The molecule has 0 aliphatic heterocycles. The maximum Gasteiger partial charge on any atom is 0.244 e. The molecule has 1 radical (unpaired) electrons. The standard InChI is InChI=1S/C41H47FN5O7/c1-47(38(51)21-16-27-12-17-31(42)18-13-27)37(23-28-14-19-33(50)20-15-28)41(54)45-32(25-48)10-4-5-22-44-40(53)36(26-49)46-39(52)35(43)24-30-9-6-8-29-7-2-3-11-34(29)30/h2-3,6-9,11-15,17-20,32,35-37,49-50H,4-5,10,16,21-24,26,43H2,1H3,(H,44,53)(H,45,54)(H,46,52)/t32-,35+,36+,37+/m1/s1. The summed E-state index contributed by atoms with van der Waals surface area (Å²) >= 11 is 0. The number of carbonyl (C=O) groups is 4. The molecular weight excluding hydrogens is 693 g/mol. The summed E-state index contributed by atoms with van der Waals surface area (Å²) in [4.78, 5) is 65.5. The van der Waals surface area contributed by atoms with Crippen molar-refractivity contribution in [2.75, 3.05) is 20.2 Å². The van der Waals surface area contributed by atoms with Gasteiger partial charge in [0, 0.05) is 26.4 Å². The molecule has 0 bridgehead atoms. The van der Waals surface area contributed by atoms with Crippen molar-refractivity contribution in [2.24, 2.45) is 5.73 Å². The summed E-state index contributed by atoms with van der Waals surface area (Å²) in [5.74, 6) is -2.42. The molecule has 0 aliphatic rings. The molecule has 4 aromatic rings. The summed E-state index contributed by atoms with van der Waals surface area (Å²) in [7, 11) is 1.50. The Labute approximate surface area is 313 Å². The second-order valence-electron chi connectivity index (χ2n) is 13.2.